The van der Waals surface area contributed by atoms with Crippen molar-refractivity contribution in [1.82, 2.24) is 10.9 Å². The zero-order chi connectivity index (χ0) is 16.5. The van der Waals surface area contributed by atoms with E-state index < -0.39 is 11.8 Å². The van der Waals surface area contributed by atoms with Gasteiger partial charge in [-0.05, 0) is 35.9 Å². The molecule has 0 fully saturated rings. The molecule has 2 amide bonds. The maximum atomic E-state index is 11.6. The number of hydrogen-bond donors (Lipinski definition) is 2. The first-order chi connectivity index (χ1) is 11.1. The highest BCUT2D eigenvalue weighted by molar-refractivity contribution is 6.30. The van der Waals surface area contributed by atoms with Gasteiger partial charge in [-0.15, -0.1) is 0 Å². The molecule has 2 aromatic rings. The fourth-order valence-corrected chi connectivity index (χ4v) is 1.75. The second-order valence-electron chi connectivity index (χ2n) is 4.52. The number of hydrogen-bond acceptors (Lipinski definition) is 3. The van der Waals surface area contributed by atoms with Crippen LogP contribution in [0, 0.1) is 0 Å². The number of hydrazine groups is 1. The maximum Gasteiger partial charge on any atom is 0.276 e. The molecule has 2 rings (SSSR count). The molecule has 2 N–H and O–H groups in total. The topological polar surface area (TPSA) is 67.4 Å². The molecule has 0 heterocycles. The monoisotopic (exact) mass is 330 g/mol. The van der Waals surface area contributed by atoms with Gasteiger partial charge in [-0.25, -0.2) is 0 Å². The van der Waals surface area contributed by atoms with Crippen LogP contribution in [-0.4, -0.2) is 18.4 Å². The van der Waals surface area contributed by atoms with E-state index in [0.717, 1.165) is 5.56 Å². The third-order valence-electron chi connectivity index (χ3n) is 2.74. The van der Waals surface area contributed by atoms with Crippen LogP contribution < -0.4 is 15.6 Å². The minimum Gasteiger partial charge on any atom is -0.484 e. The minimum absolute atomic E-state index is 0.218. The van der Waals surface area contributed by atoms with Crippen LogP contribution in [0.3, 0.4) is 0 Å². The van der Waals surface area contributed by atoms with Crippen LogP contribution in [0.5, 0.6) is 5.75 Å². The number of ether oxygens (including phenoxy) is 1. The van der Waals surface area contributed by atoms with E-state index >= 15 is 0 Å². The average molecular weight is 331 g/mol. The molecule has 0 unspecified atom stereocenters. The van der Waals surface area contributed by atoms with Crippen molar-refractivity contribution >= 4 is 29.5 Å². The van der Waals surface area contributed by atoms with Crippen LogP contribution in [0.25, 0.3) is 6.08 Å². The summed E-state index contributed by atoms with van der Waals surface area (Å²) in [6.45, 7) is -0.218. The summed E-state index contributed by atoms with van der Waals surface area (Å²) in [4.78, 5) is 23.1. The van der Waals surface area contributed by atoms with Gasteiger partial charge in [0.25, 0.3) is 11.8 Å². The molecule has 6 heteroatoms. The summed E-state index contributed by atoms with van der Waals surface area (Å²) < 4.78 is 5.24. The summed E-state index contributed by atoms with van der Waals surface area (Å²) >= 11 is 5.74. The van der Waals surface area contributed by atoms with Gasteiger partial charge in [0.1, 0.15) is 5.75 Å². The van der Waals surface area contributed by atoms with Crippen molar-refractivity contribution in [3.05, 3.63) is 71.3 Å². The standard InChI is InChI=1S/C17H15ClN2O3/c18-14-7-9-15(10-8-14)23-12-17(22)20-19-16(21)11-6-13-4-2-1-3-5-13/h1-11H,12H2,(H,19,21)(H,20,22)/b11-6+. The zero-order valence-corrected chi connectivity index (χ0v) is 12.9. The number of nitrogens with one attached hydrogen (secondary N) is 2. The highest BCUT2D eigenvalue weighted by atomic mass is 35.5. The first kappa shape index (κ1) is 16.6. The summed E-state index contributed by atoms with van der Waals surface area (Å²) in [6.07, 6.45) is 2.97. The molecular weight excluding hydrogens is 316 g/mol. The average Bonchev–Trinajstić information content (AvgIpc) is 2.58. The molecule has 23 heavy (non-hydrogen) atoms. The normalized spacial score (nSPS) is 10.3. The number of amides is 2. The zero-order valence-electron chi connectivity index (χ0n) is 12.2. The van der Waals surface area contributed by atoms with Crippen molar-refractivity contribution in [2.75, 3.05) is 6.61 Å². The lowest BCUT2D eigenvalue weighted by molar-refractivity contribution is -0.128. The van der Waals surface area contributed by atoms with E-state index in [9.17, 15) is 9.59 Å². The van der Waals surface area contributed by atoms with Gasteiger partial charge < -0.3 is 4.74 Å². The molecule has 0 radical (unpaired) electrons. The lowest BCUT2D eigenvalue weighted by atomic mass is 10.2. The second-order valence-corrected chi connectivity index (χ2v) is 4.96. The summed E-state index contributed by atoms with van der Waals surface area (Å²) in [5.41, 5.74) is 5.42. The number of halogens is 1. The van der Waals surface area contributed by atoms with Crippen molar-refractivity contribution in [3.8, 4) is 5.75 Å². The third kappa shape index (κ3) is 6.23. The van der Waals surface area contributed by atoms with E-state index in [0.29, 0.717) is 10.8 Å². The molecule has 0 spiro atoms. The van der Waals surface area contributed by atoms with E-state index in [-0.39, 0.29) is 6.61 Å². The Bertz CT molecular complexity index is 685. The quantitative estimate of drug-likeness (QED) is 0.654. The van der Waals surface area contributed by atoms with Gasteiger partial charge in [-0.2, -0.15) is 0 Å². The third-order valence-corrected chi connectivity index (χ3v) is 2.99. The first-order valence-corrected chi connectivity index (χ1v) is 7.21. The molecule has 118 valence electrons. The Hall–Kier alpha value is -2.79. The summed E-state index contributed by atoms with van der Waals surface area (Å²) in [5, 5.41) is 0.583. The Morgan fingerprint density at radius 3 is 2.39 bits per heavy atom. The van der Waals surface area contributed by atoms with Gasteiger partial charge in [0.15, 0.2) is 6.61 Å². The van der Waals surface area contributed by atoms with Crippen molar-refractivity contribution in [2.45, 2.75) is 0 Å². The molecule has 2 aromatic carbocycles. The summed E-state index contributed by atoms with van der Waals surface area (Å²) in [5.74, 6) is -0.394. The van der Waals surface area contributed by atoms with E-state index in [2.05, 4.69) is 10.9 Å². The highest BCUT2D eigenvalue weighted by Gasteiger charge is 2.03. The number of benzene rings is 2. The highest BCUT2D eigenvalue weighted by Crippen LogP contribution is 2.15. The van der Waals surface area contributed by atoms with E-state index in [1.807, 2.05) is 30.3 Å². The minimum atomic E-state index is -0.471. The molecular formula is C17H15ClN2O3. The van der Waals surface area contributed by atoms with Crippen LogP contribution >= 0.6 is 11.6 Å². The smallest absolute Gasteiger partial charge is 0.276 e. The van der Waals surface area contributed by atoms with E-state index in [4.69, 9.17) is 16.3 Å². The molecule has 5 nitrogen and oxygen atoms in total. The predicted octanol–water partition coefficient (Wildman–Crippen LogP) is 2.58. The molecule has 0 saturated heterocycles. The van der Waals surface area contributed by atoms with Gasteiger partial charge in [-0.3, -0.25) is 20.4 Å². The molecule has 0 atom stereocenters. The van der Waals surface area contributed by atoms with Crippen molar-refractivity contribution in [3.63, 3.8) is 0 Å². The Kier molecular flexibility index (Phi) is 6.20. The van der Waals surface area contributed by atoms with Crippen LogP contribution in [0.1, 0.15) is 5.56 Å². The molecule has 0 bridgehead atoms. The first-order valence-electron chi connectivity index (χ1n) is 6.84. The van der Waals surface area contributed by atoms with Crippen LogP contribution in [0.4, 0.5) is 0 Å². The Morgan fingerprint density at radius 2 is 1.70 bits per heavy atom. The SMILES string of the molecule is O=C(/C=C/c1ccccc1)NNC(=O)COc1ccc(Cl)cc1. The Balaban J connectivity index is 1.70. The van der Waals surface area contributed by atoms with E-state index in [1.54, 1.807) is 30.3 Å². The maximum absolute atomic E-state index is 11.6. The van der Waals surface area contributed by atoms with Gasteiger partial charge in [-0.1, -0.05) is 41.9 Å². The molecule has 0 aliphatic heterocycles. The van der Waals surface area contributed by atoms with Crippen molar-refractivity contribution in [1.29, 1.82) is 0 Å². The van der Waals surface area contributed by atoms with Crippen LogP contribution in [0.15, 0.2) is 60.7 Å². The lowest BCUT2D eigenvalue weighted by Gasteiger charge is -2.07. The molecule has 0 aromatic heterocycles. The van der Waals surface area contributed by atoms with Gasteiger partial charge in [0.2, 0.25) is 0 Å². The molecule has 0 saturated carbocycles. The largest absolute Gasteiger partial charge is 0.484 e. The molecule has 0 aliphatic rings. The number of carbonyl (C=O) groups is 2. The lowest BCUT2D eigenvalue weighted by Crippen LogP contribution is -2.43. The Morgan fingerprint density at radius 1 is 1.00 bits per heavy atom. The molecule has 0 aliphatic carbocycles. The second kappa shape index (κ2) is 8.60. The fraction of sp³-hybridized carbons (Fsp3) is 0.0588. The predicted molar refractivity (Wildman–Crippen MR) is 88.7 cm³/mol. The number of rotatable bonds is 5. The number of carbonyl (C=O) groups excluding carboxylic acids is 2. The van der Waals surface area contributed by atoms with Gasteiger partial charge >= 0.3 is 0 Å². The Labute approximate surface area is 138 Å². The van der Waals surface area contributed by atoms with Crippen LogP contribution in [-0.2, 0) is 9.59 Å². The summed E-state index contributed by atoms with van der Waals surface area (Å²) in [7, 11) is 0. The van der Waals surface area contributed by atoms with Crippen molar-refractivity contribution in [2.24, 2.45) is 0 Å². The van der Waals surface area contributed by atoms with E-state index in [1.165, 1.54) is 6.08 Å². The van der Waals surface area contributed by atoms with Crippen LogP contribution in [0.2, 0.25) is 5.02 Å². The fourth-order valence-electron chi connectivity index (χ4n) is 1.62. The van der Waals surface area contributed by atoms with Gasteiger partial charge in [0.05, 0.1) is 0 Å². The summed E-state index contributed by atoms with van der Waals surface area (Å²) in [6, 6.07) is 16.0. The van der Waals surface area contributed by atoms with Gasteiger partial charge in [0, 0.05) is 11.1 Å². The van der Waals surface area contributed by atoms with Crippen molar-refractivity contribution < 1.29 is 14.3 Å².